The molecule has 2 aromatic rings. The third-order valence-corrected chi connectivity index (χ3v) is 5.24. The number of nitrogens with zero attached hydrogens (tertiary/aromatic N) is 1. The zero-order valence-electron chi connectivity index (χ0n) is 12.3. The molecule has 0 amide bonds. The predicted octanol–water partition coefficient (Wildman–Crippen LogP) is 3.40. The van der Waals surface area contributed by atoms with Crippen LogP contribution in [0.25, 0.3) is 11.3 Å². The summed E-state index contributed by atoms with van der Waals surface area (Å²) in [4.78, 5) is 1.19. The normalized spacial score (nSPS) is 19.6. The highest BCUT2D eigenvalue weighted by Gasteiger charge is 2.32. The van der Waals surface area contributed by atoms with Gasteiger partial charge in [0.05, 0.1) is 5.57 Å². The molecule has 4 heteroatoms. The van der Waals surface area contributed by atoms with Gasteiger partial charge in [-0.1, -0.05) is 48.5 Å². The van der Waals surface area contributed by atoms with Gasteiger partial charge in [0, 0.05) is 27.5 Å². The lowest BCUT2D eigenvalue weighted by Gasteiger charge is -2.32. The van der Waals surface area contributed by atoms with Crippen LogP contribution in [0.4, 0.5) is 0 Å². The smallest absolute Gasteiger partial charge is 0.161 e. The summed E-state index contributed by atoms with van der Waals surface area (Å²) in [6.45, 7) is 0. The van der Waals surface area contributed by atoms with Crippen molar-refractivity contribution in [1.29, 1.82) is 5.26 Å². The van der Waals surface area contributed by atoms with E-state index in [0.29, 0.717) is 5.57 Å². The van der Waals surface area contributed by atoms with Crippen molar-refractivity contribution in [3.8, 4) is 6.07 Å². The average Bonchev–Trinajstić information content (AvgIpc) is 2.61. The summed E-state index contributed by atoms with van der Waals surface area (Å²) >= 11 is 1.76. The van der Waals surface area contributed by atoms with Crippen molar-refractivity contribution in [1.82, 2.24) is 5.32 Å². The zero-order valence-corrected chi connectivity index (χ0v) is 13.1. The van der Waals surface area contributed by atoms with Crippen LogP contribution < -0.4 is 5.32 Å². The Labute approximate surface area is 139 Å². The topological polar surface area (TPSA) is 56.0 Å². The Morgan fingerprint density at radius 3 is 2.61 bits per heavy atom. The number of hydrogen-bond acceptors (Lipinski definition) is 4. The second-order valence-corrected chi connectivity index (χ2v) is 6.47. The monoisotopic (exact) mass is 318 g/mol. The highest BCUT2D eigenvalue weighted by molar-refractivity contribution is 7.99. The van der Waals surface area contributed by atoms with Gasteiger partial charge in [-0.2, -0.15) is 5.26 Å². The van der Waals surface area contributed by atoms with Crippen molar-refractivity contribution in [3.05, 3.63) is 76.9 Å². The lowest BCUT2D eigenvalue weighted by Crippen LogP contribution is -2.35. The van der Waals surface area contributed by atoms with Crippen LogP contribution in [0.2, 0.25) is 0 Å². The van der Waals surface area contributed by atoms with E-state index in [2.05, 4.69) is 23.5 Å². The molecule has 0 bridgehead atoms. The molecule has 0 aromatic heterocycles. The number of aliphatic hydroxyl groups is 1. The maximum atomic E-state index is 10.4. The van der Waals surface area contributed by atoms with Crippen LogP contribution in [0.3, 0.4) is 0 Å². The third-order valence-electron chi connectivity index (χ3n) is 4.14. The van der Waals surface area contributed by atoms with Crippen LogP contribution in [0.1, 0.15) is 11.1 Å². The maximum Gasteiger partial charge on any atom is 0.161 e. The fraction of sp³-hybridized carbons (Fsp3) is 0.105. The first kappa shape index (κ1) is 14.1. The number of thioether (sulfide) groups is 1. The molecule has 2 heterocycles. The molecule has 0 fully saturated rings. The summed E-state index contributed by atoms with van der Waals surface area (Å²) < 4.78 is 0. The van der Waals surface area contributed by atoms with Crippen LogP contribution >= 0.6 is 11.8 Å². The van der Waals surface area contributed by atoms with E-state index < -0.39 is 6.23 Å². The summed E-state index contributed by atoms with van der Waals surface area (Å²) in [7, 11) is 0. The first-order valence-corrected chi connectivity index (χ1v) is 8.38. The number of hydrogen-bond donors (Lipinski definition) is 2. The van der Waals surface area contributed by atoms with Crippen LogP contribution in [0.5, 0.6) is 0 Å². The lowest BCUT2D eigenvalue weighted by molar-refractivity contribution is 0.197. The highest BCUT2D eigenvalue weighted by atomic mass is 32.2. The molecule has 1 unspecified atom stereocenters. The van der Waals surface area contributed by atoms with Gasteiger partial charge in [0.1, 0.15) is 6.07 Å². The predicted molar refractivity (Wildman–Crippen MR) is 92.2 cm³/mol. The van der Waals surface area contributed by atoms with E-state index >= 15 is 0 Å². The van der Waals surface area contributed by atoms with Gasteiger partial charge in [-0.25, -0.2) is 0 Å². The molecule has 23 heavy (non-hydrogen) atoms. The molecular formula is C19H14N2OS. The first-order valence-electron chi connectivity index (χ1n) is 7.39. The van der Waals surface area contributed by atoms with E-state index in [1.807, 2.05) is 42.5 Å². The number of benzene rings is 2. The van der Waals surface area contributed by atoms with Crippen LogP contribution in [-0.2, 0) is 0 Å². The van der Waals surface area contributed by atoms with Crippen LogP contribution in [0, 0.1) is 11.3 Å². The van der Waals surface area contributed by atoms with Crippen molar-refractivity contribution in [2.45, 2.75) is 11.1 Å². The van der Waals surface area contributed by atoms with Gasteiger partial charge in [0.25, 0.3) is 0 Å². The van der Waals surface area contributed by atoms with Crippen molar-refractivity contribution in [2.24, 2.45) is 0 Å². The van der Waals surface area contributed by atoms with E-state index in [-0.39, 0.29) is 0 Å². The average molecular weight is 318 g/mol. The van der Waals surface area contributed by atoms with Crippen LogP contribution in [-0.4, -0.2) is 17.1 Å². The van der Waals surface area contributed by atoms with Gasteiger partial charge >= 0.3 is 0 Å². The Morgan fingerprint density at radius 1 is 1.09 bits per heavy atom. The Morgan fingerprint density at radius 2 is 1.83 bits per heavy atom. The third kappa shape index (κ3) is 2.26. The minimum Gasteiger partial charge on any atom is -0.369 e. The molecule has 2 aliphatic rings. The minimum absolute atomic E-state index is 0.384. The van der Waals surface area contributed by atoms with E-state index in [1.165, 1.54) is 4.90 Å². The van der Waals surface area contributed by atoms with Crippen molar-refractivity contribution < 1.29 is 5.11 Å². The Balaban J connectivity index is 1.98. The fourth-order valence-electron chi connectivity index (χ4n) is 3.11. The summed E-state index contributed by atoms with van der Waals surface area (Å²) in [5.74, 6) is 0.779. The van der Waals surface area contributed by atoms with E-state index in [9.17, 15) is 10.4 Å². The lowest BCUT2D eigenvalue weighted by atomic mass is 9.87. The van der Waals surface area contributed by atoms with Crippen molar-refractivity contribution in [3.63, 3.8) is 0 Å². The van der Waals surface area contributed by atoms with Crippen molar-refractivity contribution >= 4 is 23.0 Å². The molecule has 112 valence electrons. The summed E-state index contributed by atoms with van der Waals surface area (Å²) in [6, 6.07) is 20.2. The number of dihydropyridines is 1. The fourth-order valence-corrected chi connectivity index (χ4v) is 4.19. The highest BCUT2D eigenvalue weighted by Crippen LogP contribution is 2.44. The first-order chi connectivity index (χ1) is 11.3. The number of fused-ring (bicyclic) bond motifs is 2. The molecule has 2 N–H and O–H groups in total. The van der Waals surface area contributed by atoms with Crippen molar-refractivity contribution in [2.75, 3.05) is 5.75 Å². The van der Waals surface area contributed by atoms with Gasteiger partial charge in [-0.15, -0.1) is 11.8 Å². The molecule has 0 saturated carbocycles. The summed E-state index contributed by atoms with van der Waals surface area (Å²) in [5.41, 5.74) is 5.32. The second kappa shape index (κ2) is 5.62. The number of nitrogens with one attached hydrogen (secondary N) is 1. The van der Waals surface area contributed by atoms with E-state index in [4.69, 9.17) is 0 Å². The summed E-state index contributed by atoms with van der Waals surface area (Å²) in [5, 5.41) is 23.1. The second-order valence-electron chi connectivity index (χ2n) is 5.45. The largest absolute Gasteiger partial charge is 0.369 e. The molecule has 3 nitrogen and oxygen atoms in total. The summed E-state index contributed by atoms with van der Waals surface area (Å²) in [6.07, 6.45) is -0.981. The Bertz CT molecular complexity index is 878. The molecule has 4 rings (SSSR count). The van der Waals surface area contributed by atoms with Gasteiger partial charge in [-0.3, -0.25) is 0 Å². The SMILES string of the molecule is N#CC1=C(c2ccccc2)C2=C(NC1O)c1ccccc1SC2. The van der Waals surface area contributed by atoms with Gasteiger partial charge in [0.15, 0.2) is 6.23 Å². The molecule has 2 aliphatic heterocycles. The molecule has 2 aromatic carbocycles. The standard InChI is InChI=1S/C19H14N2OS/c20-10-14-17(12-6-2-1-3-7-12)15-11-23-16-9-5-4-8-13(16)18(15)21-19(14)22/h1-9,19,21-22H,11H2. The Kier molecular flexibility index (Phi) is 3.45. The molecule has 0 aliphatic carbocycles. The number of aliphatic hydroxyl groups excluding tert-OH is 1. The molecular weight excluding hydrogens is 304 g/mol. The van der Waals surface area contributed by atoms with Gasteiger partial charge in [0.2, 0.25) is 0 Å². The van der Waals surface area contributed by atoms with E-state index in [0.717, 1.165) is 33.7 Å². The molecule has 0 spiro atoms. The molecule has 1 atom stereocenters. The quantitative estimate of drug-likeness (QED) is 0.846. The minimum atomic E-state index is -0.981. The Hall–Kier alpha value is -2.48. The number of nitriles is 1. The zero-order chi connectivity index (χ0) is 15.8. The van der Waals surface area contributed by atoms with Gasteiger partial charge < -0.3 is 10.4 Å². The van der Waals surface area contributed by atoms with E-state index in [1.54, 1.807) is 11.8 Å². The molecule has 0 saturated heterocycles. The maximum absolute atomic E-state index is 10.4. The number of rotatable bonds is 1. The number of allylic oxidation sites excluding steroid dienone is 1. The van der Waals surface area contributed by atoms with Gasteiger partial charge in [-0.05, 0) is 17.2 Å². The molecule has 0 radical (unpaired) electrons. The van der Waals surface area contributed by atoms with Crippen LogP contribution in [0.15, 0.2) is 70.6 Å².